The molecule has 0 aliphatic carbocycles. The molecule has 0 fully saturated rings. The fourth-order valence-corrected chi connectivity index (χ4v) is 2.02. The van der Waals surface area contributed by atoms with Crippen molar-refractivity contribution in [2.24, 2.45) is 0 Å². The van der Waals surface area contributed by atoms with Crippen molar-refractivity contribution in [3.8, 4) is 0 Å². The molecule has 10 heavy (non-hydrogen) atoms. The van der Waals surface area contributed by atoms with Crippen LogP contribution in [0.15, 0.2) is 0 Å². The fraction of sp³-hybridized carbons (Fsp3) is 1.00. The van der Waals surface area contributed by atoms with E-state index in [4.69, 9.17) is 0 Å². The van der Waals surface area contributed by atoms with Gasteiger partial charge in [0.15, 0.2) is 0 Å². The monoisotopic (exact) mass is 225 g/mol. The van der Waals surface area contributed by atoms with Gasteiger partial charge in [-0.3, -0.25) is 0 Å². The van der Waals surface area contributed by atoms with E-state index >= 15 is 0 Å². The number of hydrogen-bond acceptors (Lipinski definition) is 2. The molecule has 0 aliphatic rings. The Labute approximate surface area is 76.7 Å². The van der Waals surface area contributed by atoms with E-state index < -0.39 is 0 Å². The second kappa shape index (κ2) is 6.50. The minimum atomic E-state index is 0.701. The largest absolute Gasteiger partial charge is 0.302 e. The number of alkyl halides is 1. The highest BCUT2D eigenvalue weighted by molar-refractivity contribution is 9.09. The van der Waals surface area contributed by atoms with Gasteiger partial charge in [0.05, 0.1) is 0 Å². The zero-order valence-corrected chi connectivity index (χ0v) is 9.33. The van der Waals surface area contributed by atoms with Crippen LogP contribution in [-0.4, -0.2) is 41.9 Å². The average Bonchev–Trinajstić information content (AvgIpc) is 1.89. The van der Waals surface area contributed by atoms with E-state index in [2.05, 4.69) is 41.1 Å². The number of rotatable bonds is 5. The lowest BCUT2D eigenvalue weighted by Crippen LogP contribution is -2.32. The van der Waals surface area contributed by atoms with E-state index in [1.807, 2.05) is 11.8 Å². The summed E-state index contributed by atoms with van der Waals surface area (Å²) in [6.07, 6.45) is 2.15. The average molecular weight is 226 g/mol. The van der Waals surface area contributed by atoms with Crippen LogP contribution in [0.5, 0.6) is 0 Å². The Hall–Kier alpha value is 0.790. The molecule has 0 spiro atoms. The first-order valence-corrected chi connectivity index (χ1v) is 5.99. The van der Waals surface area contributed by atoms with E-state index in [0.29, 0.717) is 6.04 Å². The first-order valence-electron chi connectivity index (χ1n) is 3.47. The Balaban J connectivity index is 3.38. The van der Waals surface area contributed by atoms with Gasteiger partial charge in [-0.15, -0.1) is 0 Å². The Morgan fingerprint density at radius 2 is 2.20 bits per heavy atom. The van der Waals surface area contributed by atoms with Crippen LogP contribution in [0.3, 0.4) is 0 Å². The van der Waals surface area contributed by atoms with Gasteiger partial charge >= 0.3 is 0 Å². The highest BCUT2D eigenvalue weighted by Crippen LogP contribution is 2.03. The van der Waals surface area contributed by atoms with Crippen LogP contribution in [0.25, 0.3) is 0 Å². The van der Waals surface area contributed by atoms with Crippen molar-refractivity contribution in [3.63, 3.8) is 0 Å². The van der Waals surface area contributed by atoms with Gasteiger partial charge in [0.1, 0.15) is 0 Å². The van der Waals surface area contributed by atoms with Gasteiger partial charge in [-0.1, -0.05) is 15.9 Å². The normalized spacial score (nSPS) is 14.1. The first kappa shape index (κ1) is 10.8. The second-order valence-corrected chi connectivity index (χ2v) is 4.18. The van der Waals surface area contributed by atoms with E-state index in [1.165, 1.54) is 5.75 Å². The van der Waals surface area contributed by atoms with Crippen LogP contribution in [-0.2, 0) is 0 Å². The van der Waals surface area contributed by atoms with Gasteiger partial charge in [-0.05, 0) is 20.2 Å². The summed E-state index contributed by atoms with van der Waals surface area (Å²) in [6.45, 7) is 3.40. The van der Waals surface area contributed by atoms with Crippen LogP contribution in [0, 0.1) is 0 Å². The summed E-state index contributed by atoms with van der Waals surface area (Å²) >= 11 is 5.33. The van der Waals surface area contributed by atoms with Crippen LogP contribution in [0.1, 0.15) is 6.92 Å². The van der Waals surface area contributed by atoms with Gasteiger partial charge in [-0.2, -0.15) is 11.8 Å². The molecule has 1 atom stereocenters. The maximum Gasteiger partial charge on any atom is 0.0159 e. The van der Waals surface area contributed by atoms with Crippen molar-refractivity contribution < 1.29 is 0 Å². The Morgan fingerprint density at radius 1 is 1.60 bits per heavy atom. The number of thioether (sulfide) groups is 1. The first-order chi connectivity index (χ1) is 4.72. The third kappa shape index (κ3) is 4.58. The fourth-order valence-electron chi connectivity index (χ4n) is 0.722. The van der Waals surface area contributed by atoms with Gasteiger partial charge in [0, 0.05) is 23.7 Å². The van der Waals surface area contributed by atoms with Crippen molar-refractivity contribution >= 4 is 27.7 Å². The summed E-state index contributed by atoms with van der Waals surface area (Å²) in [6, 6.07) is 0.701. The summed E-state index contributed by atoms with van der Waals surface area (Å²) in [4.78, 5) is 2.37. The lowest BCUT2D eigenvalue weighted by atomic mass is 10.3. The van der Waals surface area contributed by atoms with Crippen LogP contribution >= 0.6 is 27.7 Å². The third-order valence-corrected chi connectivity index (χ3v) is 2.77. The quantitative estimate of drug-likeness (QED) is 0.660. The van der Waals surface area contributed by atoms with E-state index in [0.717, 1.165) is 11.9 Å². The molecule has 62 valence electrons. The van der Waals surface area contributed by atoms with Crippen LogP contribution < -0.4 is 0 Å². The van der Waals surface area contributed by atoms with Gasteiger partial charge < -0.3 is 4.90 Å². The summed E-state index contributed by atoms with van der Waals surface area (Å²) in [5.74, 6) is 1.23. The molecule has 0 heterocycles. The van der Waals surface area contributed by atoms with Crippen molar-refractivity contribution in [2.75, 3.05) is 30.9 Å². The molecule has 0 saturated carbocycles. The predicted octanol–water partition coefficient (Wildman–Crippen LogP) is 2.06. The molecular formula is C7H16BrNS. The van der Waals surface area contributed by atoms with Crippen molar-refractivity contribution in [1.82, 2.24) is 4.90 Å². The summed E-state index contributed by atoms with van der Waals surface area (Å²) < 4.78 is 0. The van der Waals surface area contributed by atoms with Crippen LogP contribution in [0.2, 0.25) is 0 Å². The maximum absolute atomic E-state index is 3.42. The Morgan fingerprint density at radius 3 is 2.60 bits per heavy atom. The molecule has 3 heteroatoms. The van der Waals surface area contributed by atoms with Crippen molar-refractivity contribution in [3.05, 3.63) is 0 Å². The predicted molar refractivity (Wildman–Crippen MR) is 54.3 cm³/mol. The summed E-state index contributed by atoms with van der Waals surface area (Å²) in [7, 11) is 2.17. The van der Waals surface area contributed by atoms with Gasteiger partial charge in [0.2, 0.25) is 0 Å². The van der Waals surface area contributed by atoms with E-state index in [-0.39, 0.29) is 0 Å². The van der Waals surface area contributed by atoms with Gasteiger partial charge in [-0.25, -0.2) is 0 Å². The molecule has 1 unspecified atom stereocenters. The zero-order valence-electron chi connectivity index (χ0n) is 6.93. The lowest BCUT2D eigenvalue weighted by Gasteiger charge is -2.22. The molecule has 0 saturated heterocycles. The Kier molecular flexibility index (Phi) is 7.01. The molecule has 0 amide bonds. The molecule has 1 nitrogen and oxygen atoms in total. The number of nitrogens with zero attached hydrogens (tertiary/aromatic N) is 1. The molecular weight excluding hydrogens is 210 g/mol. The second-order valence-electron chi connectivity index (χ2n) is 2.47. The topological polar surface area (TPSA) is 3.24 Å². The molecule has 0 aromatic carbocycles. The SMILES string of the molecule is CSCC(C)N(C)CCBr. The maximum atomic E-state index is 3.42. The number of halogens is 1. The zero-order chi connectivity index (χ0) is 7.98. The third-order valence-electron chi connectivity index (χ3n) is 1.60. The molecule has 0 aliphatic heterocycles. The van der Waals surface area contributed by atoms with Crippen molar-refractivity contribution in [1.29, 1.82) is 0 Å². The molecule has 0 bridgehead atoms. The molecule has 0 aromatic rings. The van der Waals surface area contributed by atoms with Crippen molar-refractivity contribution in [2.45, 2.75) is 13.0 Å². The highest BCUT2D eigenvalue weighted by atomic mass is 79.9. The minimum absolute atomic E-state index is 0.701. The Bertz CT molecular complexity index is 70.0. The van der Waals surface area contributed by atoms with Gasteiger partial charge in [0.25, 0.3) is 0 Å². The summed E-state index contributed by atoms with van der Waals surface area (Å²) in [5, 5.41) is 1.07. The molecule has 0 rings (SSSR count). The highest BCUT2D eigenvalue weighted by Gasteiger charge is 2.05. The molecule has 0 N–H and O–H groups in total. The number of hydrogen-bond donors (Lipinski definition) is 0. The standard InChI is InChI=1S/C7H16BrNS/c1-7(6-10-3)9(2)5-4-8/h7H,4-6H2,1-3H3. The molecule has 0 radical (unpaired) electrons. The molecule has 0 aromatic heterocycles. The minimum Gasteiger partial charge on any atom is -0.302 e. The lowest BCUT2D eigenvalue weighted by molar-refractivity contribution is 0.296. The van der Waals surface area contributed by atoms with E-state index in [1.54, 1.807) is 0 Å². The van der Waals surface area contributed by atoms with Crippen LogP contribution in [0.4, 0.5) is 0 Å². The smallest absolute Gasteiger partial charge is 0.0159 e. The van der Waals surface area contributed by atoms with E-state index in [9.17, 15) is 0 Å². The summed E-state index contributed by atoms with van der Waals surface area (Å²) in [5.41, 5.74) is 0.